The van der Waals surface area contributed by atoms with Crippen LogP contribution in [0.1, 0.15) is 30.7 Å². The van der Waals surface area contributed by atoms with Crippen LogP contribution in [0.4, 0.5) is 0 Å². The molecule has 16 heavy (non-hydrogen) atoms. The van der Waals surface area contributed by atoms with Crippen LogP contribution in [0.15, 0.2) is 15.9 Å². The molecule has 2 rings (SSSR count). The van der Waals surface area contributed by atoms with E-state index in [0.717, 1.165) is 12.5 Å². The molecule has 1 fully saturated rings. The van der Waals surface area contributed by atoms with E-state index >= 15 is 0 Å². The number of likely N-dealkylation sites (N-methyl/N-ethyl adjacent to an activating group) is 1. The molecule has 90 valence electrons. The molecule has 1 saturated carbocycles. The summed E-state index contributed by atoms with van der Waals surface area (Å²) in [6.45, 7) is 2.87. The van der Waals surface area contributed by atoms with Gasteiger partial charge in [0.1, 0.15) is 0 Å². The summed E-state index contributed by atoms with van der Waals surface area (Å²) in [5.41, 5.74) is 0. The van der Waals surface area contributed by atoms with Crippen molar-refractivity contribution in [1.82, 2.24) is 5.32 Å². The zero-order chi connectivity index (χ0) is 11.5. The summed E-state index contributed by atoms with van der Waals surface area (Å²) in [5.74, 6) is 0.742. The summed E-state index contributed by atoms with van der Waals surface area (Å²) in [6.07, 6.45) is 2.95. The third-order valence-corrected chi connectivity index (χ3v) is 4.97. The monoisotopic (exact) mass is 303 g/mol. The second kappa shape index (κ2) is 5.63. The standard InChI is InChI=1S/C12H18BrNOS/c1-3-15-11(8-4-5-8)10(14-2)12-9(13)6-7-16-12/h6-8,10-11,14H,3-5H2,1-2H3. The van der Waals surface area contributed by atoms with Crippen LogP contribution in [-0.4, -0.2) is 19.8 Å². The normalized spacial score (nSPS) is 19.7. The van der Waals surface area contributed by atoms with Gasteiger partial charge in [0.2, 0.25) is 0 Å². The summed E-state index contributed by atoms with van der Waals surface area (Å²) < 4.78 is 7.12. The van der Waals surface area contributed by atoms with E-state index in [0.29, 0.717) is 12.1 Å². The number of halogens is 1. The zero-order valence-electron chi connectivity index (χ0n) is 9.70. The topological polar surface area (TPSA) is 21.3 Å². The number of hydrogen-bond acceptors (Lipinski definition) is 3. The van der Waals surface area contributed by atoms with Gasteiger partial charge >= 0.3 is 0 Å². The van der Waals surface area contributed by atoms with Gasteiger partial charge in [0.15, 0.2) is 0 Å². The largest absolute Gasteiger partial charge is 0.376 e. The molecule has 0 saturated heterocycles. The first-order valence-corrected chi connectivity index (χ1v) is 7.47. The average Bonchev–Trinajstić information content (AvgIpc) is 3.03. The van der Waals surface area contributed by atoms with Crippen LogP contribution < -0.4 is 5.32 Å². The van der Waals surface area contributed by atoms with Crippen LogP contribution in [0.25, 0.3) is 0 Å². The van der Waals surface area contributed by atoms with Gasteiger partial charge in [-0.05, 0) is 60.1 Å². The van der Waals surface area contributed by atoms with Crippen LogP contribution in [0.5, 0.6) is 0 Å². The van der Waals surface area contributed by atoms with Crippen molar-refractivity contribution in [3.05, 3.63) is 20.8 Å². The average molecular weight is 304 g/mol. The van der Waals surface area contributed by atoms with Crippen molar-refractivity contribution in [2.45, 2.75) is 31.9 Å². The molecule has 0 bridgehead atoms. The molecule has 1 N–H and O–H groups in total. The van der Waals surface area contributed by atoms with Crippen molar-refractivity contribution in [1.29, 1.82) is 0 Å². The molecule has 0 amide bonds. The number of ether oxygens (including phenoxy) is 1. The van der Waals surface area contributed by atoms with Gasteiger partial charge < -0.3 is 10.1 Å². The third-order valence-electron chi connectivity index (χ3n) is 3.01. The number of nitrogens with one attached hydrogen (secondary N) is 1. The fourth-order valence-corrected chi connectivity index (χ4v) is 3.86. The lowest BCUT2D eigenvalue weighted by Crippen LogP contribution is -2.33. The van der Waals surface area contributed by atoms with E-state index in [1.807, 2.05) is 7.05 Å². The van der Waals surface area contributed by atoms with E-state index in [1.165, 1.54) is 22.2 Å². The smallest absolute Gasteiger partial charge is 0.0805 e. The molecular weight excluding hydrogens is 286 g/mol. The molecule has 0 aromatic carbocycles. The molecule has 1 aliphatic carbocycles. The summed E-state index contributed by atoms with van der Waals surface area (Å²) in [7, 11) is 2.02. The lowest BCUT2D eigenvalue weighted by atomic mass is 10.1. The molecular formula is C12H18BrNOS. The van der Waals surface area contributed by atoms with Crippen molar-refractivity contribution in [3.8, 4) is 0 Å². The molecule has 1 aromatic heterocycles. The Morgan fingerprint density at radius 2 is 2.38 bits per heavy atom. The van der Waals surface area contributed by atoms with Gasteiger partial charge in [-0.1, -0.05) is 0 Å². The Morgan fingerprint density at radius 3 is 2.81 bits per heavy atom. The van der Waals surface area contributed by atoms with Crippen molar-refractivity contribution in [2.75, 3.05) is 13.7 Å². The van der Waals surface area contributed by atoms with E-state index in [-0.39, 0.29) is 0 Å². The number of hydrogen-bond donors (Lipinski definition) is 1. The lowest BCUT2D eigenvalue weighted by Gasteiger charge is -2.26. The first-order valence-electron chi connectivity index (χ1n) is 5.79. The zero-order valence-corrected chi connectivity index (χ0v) is 12.1. The van der Waals surface area contributed by atoms with Gasteiger partial charge in [0, 0.05) is 16.0 Å². The van der Waals surface area contributed by atoms with Crippen LogP contribution in [0.2, 0.25) is 0 Å². The summed E-state index contributed by atoms with van der Waals surface area (Å²) >= 11 is 5.40. The second-order valence-electron chi connectivity index (χ2n) is 4.16. The van der Waals surface area contributed by atoms with Gasteiger partial charge in [-0.2, -0.15) is 0 Å². The molecule has 0 radical (unpaired) electrons. The fraction of sp³-hybridized carbons (Fsp3) is 0.667. The van der Waals surface area contributed by atoms with Gasteiger partial charge in [-0.25, -0.2) is 0 Å². The maximum absolute atomic E-state index is 5.92. The Bertz CT molecular complexity index is 338. The fourth-order valence-electron chi connectivity index (χ4n) is 2.09. The second-order valence-corrected chi connectivity index (χ2v) is 5.96. The minimum atomic E-state index is 0.321. The van der Waals surface area contributed by atoms with E-state index in [4.69, 9.17) is 4.74 Å². The lowest BCUT2D eigenvalue weighted by molar-refractivity contribution is 0.0212. The van der Waals surface area contributed by atoms with Crippen molar-refractivity contribution in [2.24, 2.45) is 5.92 Å². The van der Waals surface area contributed by atoms with Crippen LogP contribution >= 0.6 is 27.3 Å². The molecule has 1 heterocycles. The quantitative estimate of drug-likeness (QED) is 0.867. The molecule has 1 aliphatic rings. The molecule has 4 heteroatoms. The number of thiophene rings is 1. The predicted molar refractivity (Wildman–Crippen MR) is 72.0 cm³/mol. The third kappa shape index (κ3) is 2.67. The Balaban J connectivity index is 2.16. The van der Waals surface area contributed by atoms with Crippen molar-refractivity contribution in [3.63, 3.8) is 0 Å². The summed E-state index contributed by atoms with van der Waals surface area (Å²) in [4.78, 5) is 1.35. The minimum absolute atomic E-state index is 0.321. The molecule has 2 nitrogen and oxygen atoms in total. The molecule has 1 aromatic rings. The Morgan fingerprint density at radius 1 is 1.62 bits per heavy atom. The Kier molecular flexibility index (Phi) is 4.41. The highest BCUT2D eigenvalue weighted by Gasteiger charge is 2.38. The van der Waals surface area contributed by atoms with Gasteiger partial charge in [0.05, 0.1) is 12.1 Å². The molecule has 0 spiro atoms. The highest BCUT2D eigenvalue weighted by atomic mass is 79.9. The summed E-state index contributed by atoms with van der Waals surface area (Å²) in [5, 5.41) is 5.53. The van der Waals surface area contributed by atoms with E-state index in [9.17, 15) is 0 Å². The van der Waals surface area contributed by atoms with Crippen LogP contribution in [0.3, 0.4) is 0 Å². The van der Waals surface area contributed by atoms with E-state index < -0.39 is 0 Å². The summed E-state index contributed by atoms with van der Waals surface area (Å²) in [6, 6.07) is 2.43. The Hall–Kier alpha value is 0.100. The maximum Gasteiger partial charge on any atom is 0.0805 e. The highest BCUT2D eigenvalue weighted by Crippen LogP contribution is 2.42. The Labute approximate surface area is 110 Å². The van der Waals surface area contributed by atoms with Gasteiger partial charge in [-0.3, -0.25) is 0 Å². The number of rotatable bonds is 6. The highest BCUT2D eigenvalue weighted by molar-refractivity contribution is 9.10. The first kappa shape index (κ1) is 12.6. The van der Waals surface area contributed by atoms with Crippen molar-refractivity contribution >= 4 is 27.3 Å². The first-order chi connectivity index (χ1) is 7.77. The molecule has 2 unspecified atom stereocenters. The predicted octanol–water partition coefficient (Wildman–Crippen LogP) is 3.59. The molecule has 2 atom stereocenters. The SMILES string of the molecule is CCOC(C1CC1)C(NC)c1sccc1Br. The molecule has 0 aliphatic heterocycles. The minimum Gasteiger partial charge on any atom is -0.376 e. The van der Waals surface area contributed by atoms with Gasteiger partial charge in [0.25, 0.3) is 0 Å². The van der Waals surface area contributed by atoms with Crippen LogP contribution in [0, 0.1) is 5.92 Å². The van der Waals surface area contributed by atoms with Crippen LogP contribution in [-0.2, 0) is 4.74 Å². The van der Waals surface area contributed by atoms with E-state index in [1.54, 1.807) is 11.3 Å². The maximum atomic E-state index is 5.92. The van der Waals surface area contributed by atoms with E-state index in [2.05, 4.69) is 39.6 Å². The van der Waals surface area contributed by atoms with Gasteiger partial charge in [-0.15, -0.1) is 11.3 Å². The van der Waals surface area contributed by atoms with Crippen molar-refractivity contribution < 1.29 is 4.74 Å².